The second-order valence-corrected chi connectivity index (χ2v) is 6.47. The lowest BCUT2D eigenvalue weighted by molar-refractivity contribution is 0.111. The highest BCUT2D eigenvalue weighted by atomic mass is 32.1. The SMILES string of the molecule is Cc1ccc(-c2c(C=O)nnn2-c2nc(C)c(C)s2)cc1C. The van der Waals surface area contributed by atoms with E-state index in [1.807, 2.05) is 39.0 Å². The summed E-state index contributed by atoms with van der Waals surface area (Å²) in [6.45, 7) is 8.08. The maximum absolute atomic E-state index is 11.3. The summed E-state index contributed by atoms with van der Waals surface area (Å²) in [5, 5.41) is 8.84. The van der Waals surface area contributed by atoms with Crippen molar-refractivity contribution in [3.05, 3.63) is 45.6 Å². The predicted octanol–water partition coefficient (Wildman–Crippen LogP) is 3.44. The Morgan fingerprint density at radius 2 is 1.91 bits per heavy atom. The Bertz CT molecular complexity index is 844. The molecule has 0 aliphatic rings. The topological polar surface area (TPSA) is 60.7 Å². The van der Waals surface area contributed by atoms with Crippen LogP contribution in [0.3, 0.4) is 0 Å². The standard InChI is InChI=1S/C16H16N4OS/c1-9-5-6-13(7-10(9)2)15-14(8-21)18-19-20(15)16-17-11(3)12(4)22-16/h5-8H,1-4H3. The number of carbonyl (C=O) groups excluding carboxylic acids is 1. The van der Waals surface area contributed by atoms with Crippen molar-refractivity contribution in [2.24, 2.45) is 0 Å². The van der Waals surface area contributed by atoms with E-state index in [0.29, 0.717) is 11.4 Å². The third-order valence-corrected chi connectivity index (χ3v) is 4.84. The minimum Gasteiger partial charge on any atom is -0.296 e. The van der Waals surface area contributed by atoms with Crippen LogP contribution in [0.1, 0.15) is 32.2 Å². The summed E-state index contributed by atoms with van der Waals surface area (Å²) in [6.07, 6.45) is 0.737. The van der Waals surface area contributed by atoms with E-state index in [2.05, 4.69) is 22.2 Å². The molecule has 2 aromatic heterocycles. The molecule has 0 bridgehead atoms. The first-order chi connectivity index (χ1) is 10.5. The average molecular weight is 312 g/mol. The zero-order chi connectivity index (χ0) is 15.9. The molecule has 6 heteroatoms. The van der Waals surface area contributed by atoms with Gasteiger partial charge in [0.1, 0.15) is 5.69 Å². The van der Waals surface area contributed by atoms with E-state index in [4.69, 9.17) is 0 Å². The van der Waals surface area contributed by atoms with Crippen LogP contribution in [-0.2, 0) is 0 Å². The molecule has 0 saturated heterocycles. The Labute approximate surface area is 132 Å². The van der Waals surface area contributed by atoms with Crippen LogP contribution < -0.4 is 0 Å². The Morgan fingerprint density at radius 1 is 1.14 bits per heavy atom. The van der Waals surface area contributed by atoms with Crippen molar-refractivity contribution in [1.29, 1.82) is 0 Å². The fraction of sp³-hybridized carbons (Fsp3) is 0.250. The summed E-state index contributed by atoms with van der Waals surface area (Å²) < 4.78 is 1.65. The lowest BCUT2D eigenvalue weighted by Crippen LogP contribution is -2.00. The highest BCUT2D eigenvalue weighted by molar-refractivity contribution is 7.14. The first-order valence-corrected chi connectivity index (χ1v) is 7.76. The lowest BCUT2D eigenvalue weighted by atomic mass is 10.0. The molecule has 5 nitrogen and oxygen atoms in total. The number of carbonyl (C=O) groups is 1. The second-order valence-electron chi connectivity index (χ2n) is 5.29. The van der Waals surface area contributed by atoms with Gasteiger partial charge in [0.2, 0.25) is 5.13 Å². The van der Waals surface area contributed by atoms with E-state index in [-0.39, 0.29) is 0 Å². The molecule has 3 aromatic rings. The number of hydrogen-bond donors (Lipinski definition) is 0. The smallest absolute Gasteiger partial charge is 0.212 e. The quantitative estimate of drug-likeness (QED) is 0.695. The third kappa shape index (κ3) is 2.35. The van der Waals surface area contributed by atoms with Crippen LogP contribution in [0.15, 0.2) is 18.2 Å². The van der Waals surface area contributed by atoms with Gasteiger partial charge < -0.3 is 0 Å². The first kappa shape index (κ1) is 14.6. The molecular weight excluding hydrogens is 296 g/mol. The molecule has 0 unspecified atom stereocenters. The fourth-order valence-corrected chi connectivity index (χ4v) is 3.08. The molecule has 1 aromatic carbocycles. The van der Waals surface area contributed by atoms with Gasteiger partial charge in [-0.15, -0.1) is 5.10 Å². The average Bonchev–Trinajstić information content (AvgIpc) is 3.06. The van der Waals surface area contributed by atoms with Gasteiger partial charge in [-0.25, -0.2) is 4.98 Å². The van der Waals surface area contributed by atoms with Gasteiger partial charge in [-0.1, -0.05) is 28.7 Å². The molecule has 0 fully saturated rings. The van der Waals surface area contributed by atoms with E-state index in [9.17, 15) is 4.79 Å². The number of rotatable bonds is 3. The van der Waals surface area contributed by atoms with Crippen molar-refractivity contribution in [3.8, 4) is 16.4 Å². The molecule has 0 radical (unpaired) electrons. The van der Waals surface area contributed by atoms with Gasteiger partial charge >= 0.3 is 0 Å². The van der Waals surface area contributed by atoms with Gasteiger partial charge in [-0.3, -0.25) is 4.79 Å². The minimum absolute atomic E-state index is 0.328. The van der Waals surface area contributed by atoms with E-state index in [1.165, 1.54) is 5.56 Å². The van der Waals surface area contributed by atoms with Crippen LogP contribution >= 0.6 is 11.3 Å². The summed E-state index contributed by atoms with van der Waals surface area (Å²) in [5.74, 6) is 0. The summed E-state index contributed by atoms with van der Waals surface area (Å²) in [4.78, 5) is 17.0. The van der Waals surface area contributed by atoms with Crippen molar-refractivity contribution in [3.63, 3.8) is 0 Å². The summed E-state index contributed by atoms with van der Waals surface area (Å²) in [6, 6.07) is 6.07. The Balaban J connectivity index is 2.23. The number of nitrogens with zero attached hydrogens (tertiary/aromatic N) is 4. The normalized spacial score (nSPS) is 10.9. The second kappa shape index (κ2) is 5.46. The number of hydrogen-bond acceptors (Lipinski definition) is 5. The van der Waals surface area contributed by atoms with Crippen molar-refractivity contribution in [1.82, 2.24) is 20.0 Å². The number of aryl methyl sites for hydroxylation is 4. The molecule has 0 N–H and O–H groups in total. The van der Waals surface area contributed by atoms with E-state index in [1.54, 1.807) is 16.0 Å². The molecule has 0 aliphatic carbocycles. The Hall–Kier alpha value is -2.34. The molecule has 0 saturated carbocycles. The number of thiazole rings is 1. The third-order valence-electron chi connectivity index (χ3n) is 3.79. The van der Waals surface area contributed by atoms with Crippen molar-refractivity contribution in [2.75, 3.05) is 0 Å². The van der Waals surface area contributed by atoms with Crippen LogP contribution in [-0.4, -0.2) is 26.3 Å². The van der Waals surface area contributed by atoms with Gasteiger partial charge in [-0.2, -0.15) is 4.68 Å². The van der Waals surface area contributed by atoms with Crippen LogP contribution in [0.25, 0.3) is 16.4 Å². The van der Waals surface area contributed by atoms with Gasteiger partial charge in [0, 0.05) is 10.4 Å². The van der Waals surface area contributed by atoms with E-state index in [0.717, 1.165) is 33.1 Å². The summed E-state index contributed by atoms with van der Waals surface area (Å²) in [7, 11) is 0. The molecule has 0 atom stereocenters. The van der Waals surface area contributed by atoms with Crippen LogP contribution in [0.5, 0.6) is 0 Å². The minimum atomic E-state index is 0.328. The van der Waals surface area contributed by atoms with Crippen molar-refractivity contribution in [2.45, 2.75) is 27.7 Å². The maximum atomic E-state index is 11.3. The van der Waals surface area contributed by atoms with Gasteiger partial charge in [0.15, 0.2) is 12.0 Å². The first-order valence-electron chi connectivity index (χ1n) is 6.94. The monoisotopic (exact) mass is 312 g/mol. The van der Waals surface area contributed by atoms with Crippen molar-refractivity contribution < 1.29 is 4.79 Å². The maximum Gasteiger partial charge on any atom is 0.212 e. The molecule has 0 amide bonds. The number of benzene rings is 1. The van der Waals surface area contributed by atoms with Gasteiger partial charge in [0.25, 0.3) is 0 Å². The lowest BCUT2D eigenvalue weighted by Gasteiger charge is -2.07. The fourth-order valence-electron chi connectivity index (χ4n) is 2.21. The number of aldehydes is 1. The molecule has 112 valence electrons. The molecule has 0 aliphatic heterocycles. The summed E-state index contributed by atoms with van der Waals surface area (Å²) >= 11 is 1.54. The Morgan fingerprint density at radius 3 is 2.50 bits per heavy atom. The van der Waals surface area contributed by atoms with E-state index < -0.39 is 0 Å². The largest absolute Gasteiger partial charge is 0.296 e. The summed E-state index contributed by atoms with van der Waals surface area (Å²) in [5.41, 5.74) is 5.26. The molecule has 2 heterocycles. The zero-order valence-corrected chi connectivity index (χ0v) is 13.7. The predicted molar refractivity (Wildman–Crippen MR) is 86.8 cm³/mol. The molecule has 0 spiro atoms. The van der Waals surface area contributed by atoms with Gasteiger partial charge in [0.05, 0.1) is 5.69 Å². The van der Waals surface area contributed by atoms with E-state index >= 15 is 0 Å². The van der Waals surface area contributed by atoms with Crippen molar-refractivity contribution >= 4 is 17.6 Å². The molecular formula is C16H16N4OS. The van der Waals surface area contributed by atoms with Crippen LogP contribution in [0.4, 0.5) is 0 Å². The molecule has 3 rings (SSSR count). The Kier molecular flexibility index (Phi) is 3.62. The van der Waals surface area contributed by atoms with Crippen LogP contribution in [0, 0.1) is 27.7 Å². The highest BCUT2D eigenvalue weighted by Crippen LogP contribution is 2.28. The number of aromatic nitrogens is 4. The molecule has 22 heavy (non-hydrogen) atoms. The zero-order valence-electron chi connectivity index (χ0n) is 12.9. The van der Waals surface area contributed by atoms with Gasteiger partial charge in [-0.05, 0) is 44.9 Å². The van der Waals surface area contributed by atoms with Crippen LogP contribution in [0.2, 0.25) is 0 Å². The highest BCUT2D eigenvalue weighted by Gasteiger charge is 2.19.